The highest BCUT2D eigenvalue weighted by Crippen LogP contribution is 2.38. The number of ether oxygens (including phenoxy) is 6. The standard InChI is InChI=1S/C54H100N2O21/c1-4-6-8-10-12-14-15-16-17-18-20-22-24-26-28-41(64)56-35(36(61)27-25-23-21-19-13-11-9-7-5-2)33-72-51-46(68)45(67)48(40(32-59)74-51)75-52-47(69)50(44(66)39(31-58)73-52)77-54(53(70)71)29-37(62)42(55-34(3)60)49(76-54)43(65)38(63)30-57/h35-40,42-52,57-59,61-63,65-69H,4-33H2,1-3H3,(H,55,60)(H,56,64)(H,70,71). The van der Waals surface area contributed by atoms with Crippen molar-refractivity contribution >= 4 is 17.8 Å². The van der Waals surface area contributed by atoms with E-state index in [0.29, 0.717) is 19.3 Å². The summed E-state index contributed by atoms with van der Waals surface area (Å²) in [6.07, 6.45) is -2.65. The molecular formula is C54H100N2O21. The van der Waals surface area contributed by atoms with Gasteiger partial charge >= 0.3 is 5.97 Å². The number of hydrogen-bond donors (Lipinski definition) is 14. The fourth-order valence-electron chi connectivity index (χ4n) is 10.4. The van der Waals surface area contributed by atoms with Gasteiger partial charge in [-0.15, -0.1) is 0 Å². The van der Waals surface area contributed by atoms with Gasteiger partial charge in [0, 0.05) is 19.8 Å². The maximum Gasteiger partial charge on any atom is 0.364 e. The van der Waals surface area contributed by atoms with Crippen LogP contribution in [0.2, 0.25) is 0 Å². The molecule has 0 aromatic carbocycles. The molecule has 18 atom stereocenters. The van der Waals surface area contributed by atoms with Crippen molar-refractivity contribution in [2.45, 2.75) is 298 Å². The fraction of sp³-hybridized carbons (Fsp3) is 0.944. The van der Waals surface area contributed by atoms with Crippen LogP contribution in [0.25, 0.3) is 0 Å². The van der Waals surface area contributed by atoms with E-state index in [-0.39, 0.29) is 18.9 Å². The molecule has 3 heterocycles. The van der Waals surface area contributed by atoms with Crippen molar-refractivity contribution in [3.05, 3.63) is 0 Å². The molecule has 3 saturated heterocycles. The highest BCUT2D eigenvalue weighted by atomic mass is 16.8. The zero-order valence-electron chi connectivity index (χ0n) is 46.1. The second kappa shape index (κ2) is 37.7. The van der Waals surface area contributed by atoms with Crippen LogP contribution in [0.4, 0.5) is 0 Å². The van der Waals surface area contributed by atoms with Crippen LogP contribution in [-0.4, -0.2) is 215 Å². The van der Waals surface area contributed by atoms with Crippen molar-refractivity contribution in [1.82, 2.24) is 10.6 Å². The SMILES string of the molecule is CCCCCCCCCCCCCCCCC(=O)NC(COC1OC(CO)C(OC2OC(CO)C(O)C(OC3(C(=O)O)CC(O)C(NC(C)=O)C(C(O)C(O)CO)O3)C2O)C(O)C1O)C(O)CCCCCCCCCCC. The predicted octanol–water partition coefficient (Wildman–Crippen LogP) is 1.44. The molecule has 3 rings (SSSR count). The molecule has 3 aliphatic rings. The van der Waals surface area contributed by atoms with Gasteiger partial charge in [0.05, 0.1) is 50.7 Å². The normalized spacial score (nSPS) is 31.3. The second-order valence-electron chi connectivity index (χ2n) is 21.5. The zero-order chi connectivity index (χ0) is 56.9. The van der Waals surface area contributed by atoms with Crippen molar-refractivity contribution in [2.75, 3.05) is 26.4 Å². The number of carbonyl (C=O) groups excluding carboxylic acids is 2. The Morgan fingerprint density at radius 3 is 1.62 bits per heavy atom. The summed E-state index contributed by atoms with van der Waals surface area (Å²) in [6.45, 7) is 2.12. The van der Waals surface area contributed by atoms with Crippen LogP contribution >= 0.6 is 0 Å². The number of carboxylic acids is 1. The number of hydrogen-bond acceptors (Lipinski definition) is 20. The molecular weight excluding hydrogens is 1010 g/mol. The van der Waals surface area contributed by atoms with Crippen LogP contribution in [0.1, 0.15) is 188 Å². The molecule has 3 fully saturated rings. The fourth-order valence-corrected chi connectivity index (χ4v) is 10.4. The lowest BCUT2D eigenvalue weighted by atomic mass is 9.88. The lowest BCUT2D eigenvalue weighted by Gasteiger charge is -2.50. The molecule has 0 bridgehead atoms. The molecule has 452 valence electrons. The Morgan fingerprint density at radius 1 is 0.623 bits per heavy atom. The van der Waals surface area contributed by atoms with E-state index >= 15 is 0 Å². The van der Waals surface area contributed by atoms with Crippen molar-refractivity contribution in [3.8, 4) is 0 Å². The summed E-state index contributed by atoms with van der Waals surface area (Å²) in [5.74, 6) is -6.10. The molecule has 0 aliphatic carbocycles. The highest BCUT2D eigenvalue weighted by molar-refractivity contribution is 5.77. The number of unbranched alkanes of at least 4 members (excludes halogenated alkanes) is 21. The first-order valence-corrected chi connectivity index (χ1v) is 28.9. The third-order valence-electron chi connectivity index (χ3n) is 15.1. The molecule has 0 radical (unpaired) electrons. The predicted molar refractivity (Wildman–Crippen MR) is 278 cm³/mol. The quantitative estimate of drug-likeness (QED) is 0.0385. The molecule has 3 aliphatic heterocycles. The molecule has 2 amide bonds. The van der Waals surface area contributed by atoms with E-state index in [9.17, 15) is 75.7 Å². The Morgan fingerprint density at radius 2 is 1.13 bits per heavy atom. The van der Waals surface area contributed by atoms with Crippen molar-refractivity contribution in [1.29, 1.82) is 0 Å². The first-order chi connectivity index (χ1) is 36.9. The molecule has 0 spiro atoms. The summed E-state index contributed by atoms with van der Waals surface area (Å²) in [6, 6.07) is -2.52. The van der Waals surface area contributed by atoms with E-state index < -0.39 is 148 Å². The van der Waals surface area contributed by atoms with Gasteiger partial charge in [-0.1, -0.05) is 155 Å². The summed E-state index contributed by atoms with van der Waals surface area (Å²) in [4.78, 5) is 38.3. The largest absolute Gasteiger partial charge is 0.477 e. The van der Waals surface area contributed by atoms with Crippen LogP contribution in [0.3, 0.4) is 0 Å². The Bertz CT molecular complexity index is 1600. The minimum atomic E-state index is -3.07. The number of amides is 2. The van der Waals surface area contributed by atoms with Gasteiger partial charge in [-0.25, -0.2) is 4.79 Å². The summed E-state index contributed by atoms with van der Waals surface area (Å²) < 4.78 is 34.6. The minimum Gasteiger partial charge on any atom is -0.477 e. The minimum absolute atomic E-state index is 0.227. The first-order valence-electron chi connectivity index (χ1n) is 28.9. The van der Waals surface area contributed by atoms with Gasteiger partial charge < -0.3 is 100 Å². The van der Waals surface area contributed by atoms with Crippen molar-refractivity contribution < 1.29 is 104 Å². The van der Waals surface area contributed by atoms with Gasteiger partial charge in [-0.05, 0) is 12.8 Å². The molecule has 14 N–H and O–H groups in total. The molecule has 18 unspecified atom stereocenters. The van der Waals surface area contributed by atoms with Crippen LogP contribution in [0.15, 0.2) is 0 Å². The van der Waals surface area contributed by atoms with Crippen LogP contribution in [0.5, 0.6) is 0 Å². The topological polar surface area (TPSA) is 373 Å². The second-order valence-corrected chi connectivity index (χ2v) is 21.5. The molecule has 0 aromatic heterocycles. The maximum atomic E-state index is 13.3. The Balaban J connectivity index is 1.68. The number of aliphatic carboxylic acids is 1. The van der Waals surface area contributed by atoms with Crippen LogP contribution in [0, 0.1) is 0 Å². The van der Waals surface area contributed by atoms with Crippen molar-refractivity contribution in [3.63, 3.8) is 0 Å². The van der Waals surface area contributed by atoms with E-state index in [4.69, 9.17) is 28.4 Å². The van der Waals surface area contributed by atoms with E-state index in [0.717, 1.165) is 58.3 Å². The lowest BCUT2D eigenvalue weighted by Crippen LogP contribution is -2.70. The van der Waals surface area contributed by atoms with E-state index in [1.54, 1.807) is 0 Å². The molecule has 77 heavy (non-hydrogen) atoms. The van der Waals surface area contributed by atoms with Gasteiger partial charge in [0.15, 0.2) is 12.6 Å². The van der Waals surface area contributed by atoms with E-state index in [2.05, 4.69) is 24.5 Å². The number of rotatable bonds is 41. The maximum absolute atomic E-state index is 13.3. The van der Waals surface area contributed by atoms with Gasteiger partial charge in [0.2, 0.25) is 11.8 Å². The van der Waals surface area contributed by atoms with Crippen molar-refractivity contribution in [2.24, 2.45) is 0 Å². The third kappa shape index (κ3) is 22.9. The summed E-state index contributed by atoms with van der Waals surface area (Å²) in [5.41, 5.74) is 0. The van der Waals surface area contributed by atoms with Crippen LogP contribution < -0.4 is 10.6 Å². The van der Waals surface area contributed by atoms with E-state index in [1.807, 2.05) is 0 Å². The average Bonchev–Trinajstić information content (AvgIpc) is 3.40. The smallest absolute Gasteiger partial charge is 0.364 e. The van der Waals surface area contributed by atoms with Gasteiger partial charge in [-0.3, -0.25) is 9.59 Å². The molecule has 23 nitrogen and oxygen atoms in total. The summed E-state index contributed by atoms with van der Waals surface area (Å²) in [5, 5.41) is 135. The number of aliphatic hydroxyl groups excluding tert-OH is 11. The number of aliphatic hydroxyl groups is 11. The monoisotopic (exact) mass is 1110 g/mol. The Kier molecular flexibility index (Phi) is 33.8. The third-order valence-corrected chi connectivity index (χ3v) is 15.1. The number of nitrogens with one attached hydrogen (secondary N) is 2. The van der Waals surface area contributed by atoms with Gasteiger partial charge in [-0.2, -0.15) is 0 Å². The first kappa shape index (κ1) is 69.0. The zero-order valence-corrected chi connectivity index (χ0v) is 46.1. The summed E-state index contributed by atoms with van der Waals surface area (Å²) in [7, 11) is 0. The Hall–Kier alpha value is -2.27. The Labute approximate surface area is 455 Å². The highest BCUT2D eigenvalue weighted by Gasteiger charge is 2.60. The van der Waals surface area contributed by atoms with Crippen LogP contribution in [-0.2, 0) is 42.8 Å². The average molecular weight is 1110 g/mol. The lowest BCUT2D eigenvalue weighted by molar-refractivity contribution is -0.386. The number of carboxylic acid groups (broad SMARTS) is 1. The van der Waals surface area contributed by atoms with Gasteiger partial charge in [0.1, 0.15) is 67.1 Å². The molecule has 0 aromatic rings. The molecule has 0 saturated carbocycles. The molecule has 23 heteroatoms. The van der Waals surface area contributed by atoms with Gasteiger partial charge in [0.25, 0.3) is 5.79 Å². The number of carbonyl (C=O) groups is 3. The summed E-state index contributed by atoms with van der Waals surface area (Å²) >= 11 is 0. The van der Waals surface area contributed by atoms with E-state index in [1.165, 1.54) is 83.5 Å².